The molecule has 1 saturated heterocycles. The van der Waals surface area contributed by atoms with E-state index in [2.05, 4.69) is 256 Å². The molecule has 472 valence electrons. The van der Waals surface area contributed by atoms with Gasteiger partial charge in [-0.1, -0.05) is 206 Å². The third-order valence-electron chi connectivity index (χ3n) is 19.3. The largest absolute Gasteiger partial charge is 0.534 e. The van der Waals surface area contributed by atoms with Crippen LogP contribution in [-0.2, 0) is 19.4 Å². The van der Waals surface area contributed by atoms with Crippen LogP contribution in [0, 0.1) is 0 Å². The highest BCUT2D eigenvalue weighted by atomic mass is 32.2. The second kappa shape index (κ2) is 23.4. The Balaban J connectivity index is 0.000000113. The molecule has 1 aliphatic rings. The van der Waals surface area contributed by atoms with Gasteiger partial charge in [0.25, 0.3) is 0 Å². The third kappa shape index (κ3) is 10.6. The van der Waals surface area contributed by atoms with Gasteiger partial charge in [-0.25, -0.2) is 0 Å². The first-order valence-electron chi connectivity index (χ1n) is 31.8. The highest BCUT2D eigenvalue weighted by molar-refractivity contribution is 7.88. The lowest BCUT2D eigenvalue weighted by Gasteiger charge is -2.32. The van der Waals surface area contributed by atoms with Crippen molar-refractivity contribution in [2.24, 2.45) is 0 Å². The summed E-state index contributed by atoms with van der Waals surface area (Å²) in [5.41, 5.74) is 2.26. The van der Waals surface area contributed by atoms with Gasteiger partial charge in [0, 0.05) is 51.1 Å². The van der Waals surface area contributed by atoms with Gasteiger partial charge in [0.15, 0.2) is 0 Å². The van der Waals surface area contributed by atoms with Crippen molar-refractivity contribution in [2.45, 2.75) is 44.4 Å². The minimum Gasteiger partial charge on any atom is -0.399 e. The lowest BCUT2D eigenvalue weighted by Crippen LogP contribution is -2.41. The van der Waals surface area contributed by atoms with E-state index >= 15 is 0 Å². The average Bonchev–Trinajstić information content (AvgIpc) is 1.53. The highest BCUT2D eigenvalue weighted by Crippen LogP contribution is 2.48. The topological polar surface area (TPSA) is 61.8 Å². The number of hydrogen-bond donors (Lipinski definition) is 0. The van der Waals surface area contributed by atoms with E-state index in [1.165, 1.54) is 151 Å². The van der Waals surface area contributed by atoms with E-state index < -0.39 is 15.6 Å². The van der Waals surface area contributed by atoms with Crippen molar-refractivity contribution < 1.29 is 35.1 Å². The van der Waals surface area contributed by atoms with Crippen molar-refractivity contribution in [3.63, 3.8) is 0 Å². The van der Waals surface area contributed by atoms with E-state index in [4.69, 9.17) is 9.31 Å². The number of halogens is 3. The monoisotopic (exact) mass is 1360 g/mol. The molecule has 14 aromatic carbocycles. The number of thiophene rings is 4. The summed E-state index contributed by atoms with van der Waals surface area (Å²) in [5.74, 6) is -0.352. The summed E-state index contributed by atoms with van der Waals surface area (Å²) < 4.78 is 83.7. The molecule has 0 bridgehead atoms. The molecule has 0 unspecified atom stereocenters. The van der Waals surface area contributed by atoms with Crippen LogP contribution in [0.3, 0.4) is 0 Å². The minimum atomic E-state index is -5.68. The van der Waals surface area contributed by atoms with Crippen LogP contribution in [0.4, 0.5) is 13.2 Å². The third-order valence-corrected chi connectivity index (χ3v) is 25.1. The predicted molar refractivity (Wildman–Crippen MR) is 409 cm³/mol. The molecule has 18 aromatic rings. The van der Waals surface area contributed by atoms with Gasteiger partial charge in [0.05, 0.1) is 19.2 Å². The van der Waals surface area contributed by atoms with Gasteiger partial charge in [-0.05, 0) is 192 Å². The maximum absolute atomic E-state index is 12.5. The molecule has 0 N–H and O–H groups in total. The fourth-order valence-corrected chi connectivity index (χ4v) is 19.4. The quantitative estimate of drug-likeness (QED) is 0.0718. The van der Waals surface area contributed by atoms with Gasteiger partial charge in [-0.3, -0.25) is 0 Å². The Bertz CT molecular complexity index is 6270. The van der Waals surface area contributed by atoms with E-state index in [0.29, 0.717) is 5.39 Å². The number of benzene rings is 14. The maximum atomic E-state index is 12.5. The first-order chi connectivity index (χ1) is 46.9. The van der Waals surface area contributed by atoms with Gasteiger partial charge >= 0.3 is 22.7 Å². The van der Waals surface area contributed by atoms with E-state index in [-0.39, 0.29) is 24.1 Å². The zero-order valence-corrected chi connectivity index (χ0v) is 56.8. The Labute approximate surface area is 573 Å². The lowest BCUT2D eigenvalue weighted by atomic mass is 9.78. The number of rotatable bonds is 6. The Morgan fingerprint density at radius 3 is 1.08 bits per heavy atom. The molecular weight excluding hydrogens is 1310 g/mol. The van der Waals surface area contributed by atoms with Crippen molar-refractivity contribution in [3.05, 3.63) is 267 Å². The van der Waals surface area contributed by atoms with E-state index in [1.54, 1.807) is 17.4 Å². The van der Waals surface area contributed by atoms with Crippen LogP contribution < -0.4 is 9.65 Å². The minimum absolute atomic E-state index is 0.351. The normalized spacial score (nSPS) is 14.1. The van der Waals surface area contributed by atoms with Crippen molar-refractivity contribution in [2.75, 3.05) is 0 Å². The van der Waals surface area contributed by atoms with Crippen molar-refractivity contribution in [3.8, 4) is 39.1 Å². The molecule has 4 aromatic heterocycles. The standard InChI is InChI=1S/C38H22S2.C30H27BO2.C15H7F3O3S3/c1-2-12-29-27(10-1)28-11-3-4-13-30(28)33-21-25(16-18-31(29)33)23-8-7-9-24(20-23)26-17-19-36-34(22-26)37-32-14-5-6-15-35(32)39-38(37)40-36;1-29(2)30(3,4)33-31(32-29)22-11-9-10-20(18-22)21-16-17-27-25-14-6-5-12-23(25)24-13-7-8-15-26(24)28(27)19-21;16-15(17,18)24(19,20)21-8-5-6-12-10(7-8)13-9-3-1-2-4-11(9)22-14(13)23-12/h1-22H;5-19H,1-4H3;1-7H. The van der Waals surface area contributed by atoms with Crippen molar-refractivity contribution in [1.29, 1.82) is 0 Å². The van der Waals surface area contributed by atoms with E-state index in [9.17, 15) is 21.6 Å². The molecule has 5 heterocycles. The number of hydrogen-bond acceptors (Lipinski definition) is 9. The molecule has 0 atom stereocenters. The van der Waals surface area contributed by atoms with Crippen LogP contribution in [-0.4, -0.2) is 32.2 Å². The van der Waals surface area contributed by atoms with Gasteiger partial charge in [-0.2, -0.15) is 21.6 Å². The molecule has 19 rings (SSSR count). The van der Waals surface area contributed by atoms with Gasteiger partial charge in [-0.15, -0.1) is 45.3 Å². The van der Waals surface area contributed by atoms with E-state index in [0.717, 1.165) is 29.6 Å². The van der Waals surface area contributed by atoms with E-state index in [1.807, 2.05) is 46.9 Å². The van der Waals surface area contributed by atoms with Crippen LogP contribution >= 0.6 is 45.3 Å². The second-order valence-corrected chi connectivity index (χ2v) is 31.8. The highest BCUT2D eigenvalue weighted by Gasteiger charge is 2.52. The molecule has 5 nitrogen and oxygen atoms in total. The second-order valence-electron chi connectivity index (χ2n) is 25.6. The molecule has 0 amide bonds. The Hall–Kier alpha value is -9.48. The summed E-state index contributed by atoms with van der Waals surface area (Å²) in [4.78, 5) is 0. The zero-order valence-electron chi connectivity index (χ0n) is 52.7. The van der Waals surface area contributed by atoms with Crippen LogP contribution in [0.1, 0.15) is 27.7 Å². The van der Waals surface area contributed by atoms with Crippen LogP contribution in [0.5, 0.6) is 5.75 Å². The molecule has 97 heavy (non-hydrogen) atoms. The van der Waals surface area contributed by atoms with Crippen LogP contribution in [0.25, 0.3) is 157 Å². The summed E-state index contributed by atoms with van der Waals surface area (Å²) in [5, 5.41) is 22.3. The molecule has 0 spiro atoms. The molecular formula is C83H56BF3O5S5. The molecule has 14 heteroatoms. The molecule has 0 radical (unpaired) electrons. The summed E-state index contributed by atoms with van der Waals surface area (Å²) in [7, 11) is -6.04. The molecule has 1 aliphatic heterocycles. The van der Waals surface area contributed by atoms with Gasteiger partial charge < -0.3 is 13.5 Å². The molecule has 0 saturated carbocycles. The van der Waals surface area contributed by atoms with Crippen LogP contribution in [0.15, 0.2) is 267 Å². The summed E-state index contributed by atoms with van der Waals surface area (Å²) >= 11 is 6.92. The van der Waals surface area contributed by atoms with Crippen molar-refractivity contribution >= 4 is 192 Å². The maximum Gasteiger partial charge on any atom is 0.534 e. The fourth-order valence-electron chi connectivity index (χ4n) is 13.8. The summed E-state index contributed by atoms with van der Waals surface area (Å²) in [6, 6.07) is 93.9. The predicted octanol–water partition coefficient (Wildman–Crippen LogP) is 24.7. The lowest BCUT2D eigenvalue weighted by molar-refractivity contribution is -0.0500. The zero-order chi connectivity index (χ0) is 66.1. The molecule has 0 aliphatic carbocycles. The Kier molecular flexibility index (Phi) is 14.7. The number of alkyl halides is 3. The summed E-state index contributed by atoms with van der Waals surface area (Å²) in [6.45, 7) is 8.37. The molecule has 1 fully saturated rings. The first-order valence-corrected chi connectivity index (χ1v) is 36.5. The summed E-state index contributed by atoms with van der Waals surface area (Å²) in [6.07, 6.45) is 0. The van der Waals surface area contributed by atoms with Crippen LogP contribution in [0.2, 0.25) is 0 Å². The fraction of sp³-hybridized carbons (Fsp3) is 0.0843. The van der Waals surface area contributed by atoms with Gasteiger partial charge in [0.2, 0.25) is 0 Å². The smallest absolute Gasteiger partial charge is 0.399 e. The number of fused-ring (bicyclic) bond motifs is 22. The Morgan fingerprint density at radius 1 is 0.330 bits per heavy atom. The Morgan fingerprint density at radius 2 is 0.649 bits per heavy atom. The van der Waals surface area contributed by atoms with Gasteiger partial charge in [0.1, 0.15) is 5.75 Å². The van der Waals surface area contributed by atoms with Crippen molar-refractivity contribution in [1.82, 2.24) is 0 Å². The first kappa shape index (κ1) is 61.1. The average molecular weight is 1360 g/mol. The SMILES string of the molecule is CC1(C)OB(c2cccc(-c3ccc4c5ccccc5c5ccccc5c4c3)c2)OC1(C)C.O=S(=O)(Oc1ccc2sc3sc4ccccc4c3c2c1)C(F)(F)F.c1cc(-c2ccc3c4ccccc4c4ccccc4c3c2)cc(-c2ccc3sc4sc5ccccc5c4c3c2)c1.